The highest BCUT2D eigenvalue weighted by Crippen LogP contribution is 2.51. The van der Waals surface area contributed by atoms with Crippen molar-refractivity contribution in [3.8, 4) is 22.6 Å². The van der Waals surface area contributed by atoms with Crippen molar-refractivity contribution >= 4 is 23.2 Å². The summed E-state index contributed by atoms with van der Waals surface area (Å²) in [6.45, 7) is 0.122. The van der Waals surface area contributed by atoms with Crippen molar-refractivity contribution in [2.75, 3.05) is 12.1 Å². The van der Waals surface area contributed by atoms with E-state index in [9.17, 15) is 18.0 Å². The van der Waals surface area contributed by atoms with Crippen molar-refractivity contribution < 1.29 is 28.9 Å². The fourth-order valence-corrected chi connectivity index (χ4v) is 4.17. The number of amides is 1. The third-order valence-corrected chi connectivity index (χ3v) is 6.06. The standard InChI is InChI=1S/C24H17ClF3NO3.H2/c25-16-3-1-2-14(10-16)18-6-5-17(12-19(18)24(26,27)28)29-22(30)23(8-9-23)15-4-7-20-21(11-15)32-13-31-20;/h1-7,10-12H,8-9,13H2,(H,29,30);1H. The van der Waals surface area contributed by atoms with Crippen molar-refractivity contribution in [2.24, 2.45) is 0 Å². The molecule has 3 aromatic carbocycles. The minimum atomic E-state index is -4.60. The molecule has 1 aliphatic carbocycles. The minimum Gasteiger partial charge on any atom is -0.454 e. The number of anilines is 1. The van der Waals surface area contributed by atoms with Crippen molar-refractivity contribution in [1.29, 1.82) is 0 Å². The van der Waals surface area contributed by atoms with Gasteiger partial charge in [-0.2, -0.15) is 13.2 Å². The Hall–Kier alpha value is -3.19. The number of halogens is 4. The molecule has 4 nitrogen and oxygen atoms in total. The van der Waals surface area contributed by atoms with Gasteiger partial charge in [0.2, 0.25) is 12.7 Å². The van der Waals surface area contributed by atoms with Gasteiger partial charge in [-0.3, -0.25) is 4.79 Å². The Kier molecular flexibility index (Phi) is 4.82. The summed E-state index contributed by atoms with van der Waals surface area (Å²) in [5, 5.41) is 3.02. The summed E-state index contributed by atoms with van der Waals surface area (Å²) in [5.74, 6) is 0.822. The van der Waals surface area contributed by atoms with Crippen LogP contribution in [0.25, 0.3) is 11.1 Å². The molecule has 5 rings (SSSR count). The SMILES string of the molecule is O=C(Nc1ccc(-c2cccc(Cl)c2)c(C(F)(F)F)c1)C1(c2ccc3c(c2)OCO3)CC1.[HH]. The van der Waals surface area contributed by atoms with Gasteiger partial charge < -0.3 is 14.8 Å². The van der Waals surface area contributed by atoms with Crippen LogP contribution in [-0.4, -0.2) is 12.7 Å². The van der Waals surface area contributed by atoms with Crippen molar-refractivity contribution in [2.45, 2.75) is 24.4 Å². The van der Waals surface area contributed by atoms with Gasteiger partial charge in [-0.1, -0.05) is 35.9 Å². The van der Waals surface area contributed by atoms with Crippen LogP contribution in [0.2, 0.25) is 5.02 Å². The number of alkyl halides is 3. The number of fused-ring (bicyclic) bond motifs is 1. The summed E-state index contributed by atoms with van der Waals surface area (Å²) in [7, 11) is 0. The molecule has 1 heterocycles. The van der Waals surface area contributed by atoms with Gasteiger partial charge in [-0.15, -0.1) is 0 Å². The van der Waals surface area contributed by atoms with Crippen LogP contribution in [-0.2, 0) is 16.4 Å². The maximum absolute atomic E-state index is 13.8. The fraction of sp³-hybridized carbons (Fsp3) is 0.208. The smallest absolute Gasteiger partial charge is 0.417 e. The van der Waals surface area contributed by atoms with Crippen LogP contribution >= 0.6 is 11.6 Å². The number of hydrogen-bond acceptors (Lipinski definition) is 3. The molecule has 0 aromatic heterocycles. The van der Waals surface area contributed by atoms with Gasteiger partial charge in [0.25, 0.3) is 0 Å². The lowest BCUT2D eigenvalue weighted by molar-refractivity contribution is -0.137. The maximum Gasteiger partial charge on any atom is 0.417 e. The first kappa shape index (κ1) is 20.7. The zero-order chi connectivity index (χ0) is 22.5. The van der Waals surface area contributed by atoms with E-state index in [1.54, 1.807) is 36.4 Å². The largest absolute Gasteiger partial charge is 0.454 e. The Morgan fingerprint density at radius 2 is 1.78 bits per heavy atom. The van der Waals surface area contributed by atoms with Crippen LogP contribution in [0.1, 0.15) is 25.4 Å². The molecule has 0 spiro atoms. The Morgan fingerprint density at radius 1 is 1.00 bits per heavy atom. The third kappa shape index (κ3) is 3.66. The van der Waals surface area contributed by atoms with Crippen molar-refractivity contribution in [3.63, 3.8) is 0 Å². The molecule has 2 aliphatic rings. The summed E-state index contributed by atoms with van der Waals surface area (Å²) in [6, 6.07) is 15.3. The summed E-state index contributed by atoms with van der Waals surface area (Å²) >= 11 is 5.96. The molecule has 0 atom stereocenters. The second-order valence-electron chi connectivity index (χ2n) is 7.87. The van der Waals surface area contributed by atoms with E-state index < -0.39 is 17.2 Å². The van der Waals surface area contributed by atoms with Crippen LogP contribution in [0.15, 0.2) is 60.7 Å². The van der Waals surface area contributed by atoms with Crippen LogP contribution in [0.5, 0.6) is 11.5 Å². The maximum atomic E-state index is 13.8. The molecule has 32 heavy (non-hydrogen) atoms. The van der Waals surface area contributed by atoms with E-state index in [0.29, 0.717) is 34.9 Å². The molecule has 0 bridgehead atoms. The fourth-order valence-electron chi connectivity index (χ4n) is 3.98. The summed E-state index contributed by atoms with van der Waals surface area (Å²) in [4.78, 5) is 13.1. The third-order valence-electron chi connectivity index (χ3n) is 5.83. The quantitative estimate of drug-likeness (QED) is 0.472. The Balaban J connectivity index is 0.00000259. The van der Waals surface area contributed by atoms with Crippen molar-refractivity contribution in [3.05, 3.63) is 76.8 Å². The summed E-state index contributed by atoms with van der Waals surface area (Å²) in [6.07, 6.45) is -3.40. The first-order valence-electron chi connectivity index (χ1n) is 9.95. The molecular formula is C24H19ClF3NO3. The van der Waals surface area contributed by atoms with E-state index in [1.807, 2.05) is 0 Å². The molecule has 1 N–H and O–H groups in total. The van der Waals surface area contributed by atoms with Gasteiger partial charge >= 0.3 is 6.18 Å². The molecule has 1 fully saturated rings. The van der Waals surface area contributed by atoms with E-state index >= 15 is 0 Å². The lowest BCUT2D eigenvalue weighted by Crippen LogP contribution is -2.28. The van der Waals surface area contributed by atoms with E-state index in [-0.39, 0.29) is 25.4 Å². The number of carbonyl (C=O) groups excluding carboxylic acids is 1. The first-order valence-corrected chi connectivity index (χ1v) is 10.3. The lowest BCUT2D eigenvalue weighted by atomic mass is 9.94. The second kappa shape index (κ2) is 7.45. The van der Waals surface area contributed by atoms with Crippen LogP contribution in [0.4, 0.5) is 18.9 Å². The Labute approximate surface area is 188 Å². The van der Waals surface area contributed by atoms with Gasteiger partial charge in [0, 0.05) is 12.1 Å². The van der Waals surface area contributed by atoms with Crippen LogP contribution in [0, 0.1) is 0 Å². The molecular weight excluding hydrogens is 443 g/mol. The zero-order valence-corrected chi connectivity index (χ0v) is 17.4. The monoisotopic (exact) mass is 461 g/mol. The second-order valence-corrected chi connectivity index (χ2v) is 8.31. The highest BCUT2D eigenvalue weighted by atomic mass is 35.5. The van der Waals surface area contributed by atoms with E-state index in [1.165, 1.54) is 18.2 Å². The topological polar surface area (TPSA) is 47.6 Å². The molecule has 1 amide bonds. The number of carbonyl (C=O) groups is 1. The zero-order valence-electron chi connectivity index (χ0n) is 16.6. The molecule has 1 saturated carbocycles. The van der Waals surface area contributed by atoms with Crippen LogP contribution in [0.3, 0.4) is 0 Å². The molecule has 0 radical (unpaired) electrons. The molecule has 8 heteroatoms. The molecule has 3 aromatic rings. The summed E-state index contributed by atoms with van der Waals surface area (Å²) < 4.78 is 52.2. The van der Waals surface area contributed by atoms with E-state index in [4.69, 9.17) is 21.1 Å². The molecule has 0 saturated heterocycles. The number of nitrogens with one attached hydrogen (secondary N) is 1. The van der Waals surface area contributed by atoms with Gasteiger partial charge in [0.1, 0.15) is 0 Å². The van der Waals surface area contributed by atoms with E-state index in [0.717, 1.165) is 11.6 Å². The minimum absolute atomic E-state index is 0. The number of hydrogen-bond donors (Lipinski definition) is 1. The number of benzene rings is 3. The number of rotatable bonds is 4. The average molecular weight is 462 g/mol. The predicted octanol–water partition coefficient (Wildman–Crippen LogP) is 6.67. The van der Waals surface area contributed by atoms with Gasteiger partial charge in [0.15, 0.2) is 11.5 Å². The predicted molar refractivity (Wildman–Crippen MR) is 116 cm³/mol. The highest BCUT2D eigenvalue weighted by Gasteiger charge is 2.51. The van der Waals surface area contributed by atoms with Crippen LogP contribution < -0.4 is 14.8 Å². The van der Waals surface area contributed by atoms with Gasteiger partial charge in [-0.05, 0) is 65.9 Å². The average Bonchev–Trinajstić information content (AvgIpc) is 3.44. The molecule has 1 aliphatic heterocycles. The number of ether oxygens (including phenoxy) is 2. The van der Waals surface area contributed by atoms with Gasteiger partial charge in [0.05, 0.1) is 11.0 Å². The normalized spacial score (nSPS) is 16.0. The molecule has 166 valence electrons. The van der Waals surface area contributed by atoms with Gasteiger partial charge in [-0.25, -0.2) is 0 Å². The van der Waals surface area contributed by atoms with E-state index in [2.05, 4.69) is 5.32 Å². The lowest BCUT2D eigenvalue weighted by Gasteiger charge is -2.19. The Morgan fingerprint density at radius 3 is 2.50 bits per heavy atom. The highest BCUT2D eigenvalue weighted by molar-refractivity contribution is 6.30. The summed E-state index contributed by atoms with van der Waals surface area (Å²) in [5.41, 5.74) is -0.446. The van der Waals surface area contributed by atoms with Crippen molar-refractivity contribution in [1.82, 2.24) is 0 Å². The molecule has 0 unspecified atom stereocenters. The Bertz CT molecular complexity index is 1230. The first-order chi connectivity index (χ1) is 15.3.